The van der Waals surface area contributed by atoms with Crippen molar-refractivity contribution in [2.24, 2.45) is 0 Å². The maximum absolute atomic E-state index is 10.9. The summed E-state index contributed by atoms with van der Waals surface area (Å²) in [5.74, 6) is -0.770. The second kappa shape index (κ2) is 6.53. The highest BCUT2D eigenvalue weighted by Crippen LogP contribution is 2.07. The van der Waals surface area contributed by atoms with Gasteiger partial charge < -0.3 is 5.11 Å². The molecule has 0 radical (unpaired) electrons. The van der Waals surface area contributed by atoms with Crippen molar-refractivity contribution in [3.8, 4) is 0 Å². The molecular weight excluding hydrogens is 212 g/mol. The number of unbranched alkanes of at least 4 members (excludes halogenated alkanes) is 1. The third kappa shape index (κ3) is 4.40. The predicted molar refractivity (Wildman–Crippen MR) is 59.9 cm³/mol. The maximum atomic E-state index is 10.9. The SMILES string of the molecule is CCCCC(NCc1cncs1)C(=O)O. The van der Waals surface area contributed by atoms with Gasteiger partial charge in [-0.2, -0.15) is 0 Å². The zero-order valence-corrected chi connectivity index (χ0v) is 9.59. The molecule has 0 saturated heterocycles. The molecule has 0 saturated carbocycles. The average Bonchev–Trinajstić information content (AvgIpc) is 2.70. The van der Waals surface area contributed by atoms with Crippen LogP contribution in [0.2, 0.25) is 0 Å². The van der Waals surface area contributed by atoms with Gasteiger partial charge in [0.1, 0.15) is 6.04 Å². The van der Waals surface area contributed by atoms with Crippen molar-refractivity contribution in [2.75, 3.05) is 0 Å². The molecule has 1 unspecified atom stereocenters. The summed E-state index contributed by atoms with van der Waals surface area (Å²) in [6, 6.07) is -0.438. The number of carboxylic acids is 1. The molecule has 15 heavy (non-hydrogen) atoms. The second-order valence-electron chi connectivity index (χ2n) is 3.38. The number of hydrogen-bond acceptors (Lipinski definition) is 4. The van der Waals surface area contributed by atoms with Crippen molar-refractivity contribution in [1.29, 1.82) is 0 Å². The third-order valence-corrected chi connectivity index (χ3v) is 2.93. The van der Waals surface area contributed by atoms with Crippen LogP contribution < -0.4 is 5.32 Å². The first-order valence-corrected chi connectivity index (χ1v) is 5.95. The van der Waals surface area contributed by atoms with E-state index in [4.69, 9.17) is 5.11 Å². The lowest BCUT2D eigenvalue weighted by atomic mass is 10.1. The zero-order chi connectivity index (χ0) is 11.1. The molecule has 0 fully saturated rings. The molecule has 1 aromatic rings. The lowest BCUT2D eigenvalue weighted by molar-refractivity contribution is -0.139. The highest BCUT2D eigenvalue weighted by atomic mass is 32.1. The van der Waals surface area contributed by atoms with Crippen LogP contribution >= 0.6 is 11.3 Å². The third-order valence-electron chi connectivity index (χ3n) is 2.15. The Kier molecular flexibility index (Phi) is 5.28. The first-order valence-electron chi connectivity index (χ1n) is 5.07. The number of nitrogens with one attached hydrogen (secondary N) is 1. The van der Waals surface area contributed by atoms with Gasteiger partial charge in [0.25, 0.3) is 0 Å². The minimum absolute atomic E-state index is 0.438. The molecule has 1 heterocycles. The molecular formula is C10H16N2O2S. The van der Waals surface area contributed by atoms with E-state index in [1.807, 2.05) is 0 Å². The van der Waals surface area contributed by atoms with E-state index in [0.717, 1.165) is 17.7 Å². The lowest BCUT2D eigenvalue weighted by Crippen LogP contribution is -2.35. The summed E-state index contributed by atoms with van der Waals surface area (Å²) >= 11 is 1.53. The number of nitrogens with zero attached hydrogens (tertiary/aromatic N) is 1. The Hall–Kier alpha value is -0.940. The van der Waals surface area contributed by atoms with Gasteiger partial charge in [-0.25, -0.2) is 0 Å². The largest absolute Gasteiger partial charge is 0.480 e. The molecule has 0 aliphatic heterocycles. The quantitative estimate of drug-likeness (QED) is 0.748. The van der Waals surface area contributed by atoms with E-state index in [1.54, 1.807) is 11.7 Å². The molecule has 1 rings (SSSR count). The molecule has 0 aromatic carbocycles. The number of rotatable bonds is 7. The van der Waals surface area contributed by atoms with Crippen molar-refractivity contribution >= 4 is 17.3 Å². The highest BCUT2D eigenvalue weighted by Gasteiger charge is 2.15. The summed E-state index contributed by atoms with van der Waals surface area (Å²) in [5.41, 5.74) is 1.75. The molecule has 0 bridgehead atoms. The van der Waals surface area contributed by atoms with Gasteiger partial charge in [-0.3, -0.25) is 15.1 Å². The van der Waals surface area contributed by atoms with E-state index in [9.17, 15) is 4.79 Å². The molecule has 4 nitrogen and oxygen atoms in total. The van der Waals surface area contributed by atoms with E-state index in [2.05, 4.69) is 17.2 Å². The fourth-order valence-corrected chi connectivity index (χ4v) is 1.82. The smallest absolute Gasteiger partial charge is 0.320 e. The van der Waals surface area contributed by atoms with Gasteiger partial charge >= 0.3 is 5.97 Å². The minimum atomic E-state index is -0.770. The van der Waals surface area contributed by atoms with Crippen molar-refractivity contribution in [3.05, 3.63) is 16.6 Å². The number of carbonyl (C=O) groups is 1. The monoisotopic (exact) mass is 228 g/mol. The van der Waals surface area contributed by atoms with E-state index in [0.29, 0.717) is 13.0 Å². The van der Waals surface area contributed by atoms with Crippen LogP contribution in [0.1, 0.15) is 31.1 Å². The number of carboxylic acid groups (broad SMARTS) is 1. The first kappa shape index (κ1) is 12.1. The zero-order valence-electron chi connectivity index (χ0n) is 8.77. The minimum Gasteiger partial charge on any atom is -0.480 e. The predicted octanol–water partition coefficient (Wildman–Crippen LogP) is 1.88. The highest BCUT2D eigenvalue weighted by molar-refractivity contribution is 7.09. The van der Waals surface area contributed by atoms with Gasteiger partial charge in [0, 0.05) is 17.6 Å². The van der Waals surface area contributed by atoms with Gasteiger partial charge in [0.2, 0.25) is 0 Å². The van der Waals surface area contributed by atoms with Crippen LogP contribution in [0.25, 0.3) is 0 Å². The Balaban J connectivity index is 2.34. The summed E-state index contributed by atoms with van der Waals surface area (Å²) in [4.78, 5) is 15.9. The average molecular weight is 228 g/mol. The number of aromatic nitrogens is 1. The van der Waals surface area contributed by atoms with E-state index in [1.165, 1.54) is 11.3 Å². The van der Waals surface area contributed by atoms with Gasteiger partial charge in [0.15, 0.2) is 0 Å². The summed E-state index contributed by atoms with van der Waals surface area (Å²) in [7, 11) is 0. The summed E-state index contributed by atoms with van der Waals surface area (Å²) in [6.07, 6.45) is 4.40. The van der Waals surface area contributed by atoms with Gasteiger partial charge in [-0.1, -0.05) is 19.8 Å². The summed E-state index contributed by atoms with van der Waals surface area (Å²) in [5, 5.41) is 12.0. The molecule has 1 atom stereocenters. The topological polar surface area (TPSA) is 62.2 Å². The van der Waals surface area contributed by atoms with E-state index >= 15 is 0 Å². The summed E-state index contributed by atoms with van der Waals surface area (Å²) < 4.78 is 0. The van der Waals surface area contributed by atoms with Gasteiger partial charge in [-0.05, 0) is 6.42 Å². The molecule has 1 aromatic heterocycles. The maximum Gasteiger partial charge on any atom is 0.320 e. The van der Waals surface area contributed by atoms with Gasteiger partial charge in [-0.15, -0.1) is 11.3 Å². The fraction of sp³-hybridized carbons (Fsp3) is 0.600. The number of aliphatic carboxylic acids is 1. The molecule has 5 heteroatoms. The van der Waals surface area contributed by atoms with Crippen LogP contribution in [0.4, 0.5) is 0 Å². The standard InChI is InChI=1S/C10H16N2O2S/c1-2-3-4-9(10(13)14)12-6-8-5-11-7-15-8/h5,7,9,12H,2-4,6H2,1H3,(H,13,14). The van der Waals surface area contributed by atoms with Crippen molar-refractivity contribution in [2.45, 2.75) is 38.8 Å². The first-order chi connectivity index (χ1) is 7.24. The van der Waals surface area contributed by atoms with Crippen molar-refractivity contribution in [3.63, 3.8) is 0 Å². The Labute approximate surface area is 93.4 Å². The molecule has 84 valence electrons. The van der Waals surface area contributed by atoms with Crippen molar-refractivity contribution in [1.82, 2.24) is 10.3 Å². The van der Waals surface area contributed by atoms with E-state index < -0.39 is 12.0 Å². The molecule has 0 amide bonds. The van der Waals surface area contributed by atoms with Crippen LogP contribution in [-0.2, 0) is 11.3 Å². The molecule has 0 aliphatic rings. The van der Waals surface area contributed by atoms with Crippen LogP contribution in [0.15, 0.2) is 11.7 Å². The van der Waals surface area contributed by atoms with Crippen LogP contribution in [0.3, 0.4) is 0 Å². The van der Waals surface area contributed by atoms with Gasteiger partial charge in [0.05, 0.1) is 5.51 Å². The van der Waals surface area contributed by atoms with Crippen molar-refractivity contribution < 1.29 is 9.90 Å². The van der Waals surface area contributed by atoms with Crippen LogP contribution in [0.5, 0.6) is 0 Å². The number of hydrogen-bond donors (Lipinski definition) is 2. The molecule has 2 N–H and O–H groups in total. The second-order valence-corrected chi connectivity index (χ2v) is 4.35. The molecule has 0 spiro atoms. The Morgan fingerprint density at radius 2 is 2.53 bits per heavy atom. The van der Waals surface area contributed by atoms with E-state index in [-0.39, 0.29) is 0 Å². The Bertz CT molecular complexity index is 288. The van der Waals surface area contributed by atoms with Crippen LogP contribution in [-0.4, -0.2) is 22.1 Å². The summed E-state index contributed by atoms with van der Waals surface area (Å²) in [6.45, 7) is 2.65. The lowest BCUT2D eigenvalue weighted by Gasteiger charge is -2.12. The fourth-order valence-electron chi connectivity index (χ4n) is 1.27. The normalized spacial score (nSPS) is 12.6. The number of thiazole rings is 1. The van der Waals surface area contributed by atoms with Crippen LogP contribution in [0, 0.1) is 0 Å². The molecule has 0 aliphatic carbocycles. The Morgan fingerprint density at radius 1 is 1.73 bits per heavy atom. The Morgan fingerprint density at radius 3 is 3.07 bits per heavy atom.